The molecule has 1 aliphatic heterocycles. The van der Waals surface area contributed by atoms with E-state index >= 15 is 0 Å². The average molecular weight is 413 g/mol. The smallest absolute Gasteiger partial charge is 0.416 e. The van der Waals surface area contributed by atoms with Crippen LogP contribution in [0.2, 0.25) is 0 Å². The molecule has 4 rings (SSSR count). The van der Waals surface area contributed by atoms with Crippen LogP contribution in [0, 0.1) is 11.3 Å². The van der Waals surface area contributed by atoms with E-state index in [4.69, 9.17) is 10.00 Å². The van der Waals surface area contributed by atoms with Gasteiger partial charge < -0.3 is 9.64 Å². The number of halogens is 3. The van der Waals surface area contributed by atoms with Gasteiger partial charge in [0.1, 0.15) is 23.6 Å². The summed E-state index contributed by atoms with van der Waals surface area (Å²) in [6.07, 6.45) is -2.83. The molecule has 154 valence electrons. The van der Waals surface area contributed by atoms with E-state index in [2.05, 4.69) is 20.3 Å². The zero-order valence-corrected chi connectivity index (χ0v) is 15.9. The summed E-state index contributed by atoms with van der Waals surface area (Å²) in [5.41, 5.74) is 1.63. The number of alkyl halides is 3. The summed E-state index contributed by atoms with van der Waals surface area (Å²) >= 11 is 0. The molecule has 0 spiro atoms. The van der Waals surface area contributed by atoms with Gasteiger partial charge in [-0.1, -0.05) is 17.3 Å². The zero-order chi connectivity index (χ0) is 21.1. The predicted molar refractivity (Wildman–Crippen MR) is 104 cm³/mol. The average Bonchev–Trinajstić information content (AvgIpc) is 3.23. The van der Waals surface area contributed by atoms with Crippen LogP contribution in [0.15, 0.2) is 48.5 Å². The molecular formula is C21H18F3N5O. The lowest BCUT2D eigenvalue weighted by Crippen LogP contribution is -2.38. The molecule has 0 unspecified atom stereocenters. The molecule has 2 aromatic carbocycles. The van der Waals surface area contributed by atoms with Crippen molar-refractivity contribution in [2.45, 2.75) is 25.1 Å². The number of ether oxygens (including phenoxy) is 1. The number of piperidine rings is 1. The van der Waals surface area contributed by atoms with Crippen LogP contribution < -0.4 is 9.64 Å². The van der Waals surface area contributed by atoms with Gasteiger partial charge in [-0.15, -0.1) is 5.10 Å². The van der Waals surface area contributed by atoms with Crippen LogP contribution >= 0.6 is 0 Å². The van der Waals surface area contributed by atoms with Crippen molar-refractivity contribution in [1.29, 1.82) is 5.26 Å². The first-order chi connectivity index (χ1) is 14.4. The van der Waals surface area contributed by atoms with Gasteiger partial charge in [-0.2, -0.15) is 18.4 Å². The summed E-state index contributed by atoms with van der Waals surface area (Å²) in [6.45, 7) is 1.38. The second-order valence-electron chi connectivity index (χ2n) is 7.02. The SMILES string of the molecule is N#Cc1[nH]nnc1-c1cccc(OC2CCN(c3ccc(C(F)(F)F)cc3)CC2)c1. The van der Waals surface area contributed by atoms with Gasteiger partial charge in [0.15, 0.2) is 5.69 Å². The summed E-state index contributed by atoms with van der Waals surface area (Å²) in [5, 5.41) is 19.3. The first-order valence-corrected chi connectivity index (χ1v) is 9.44. The Kier molecular flexibility index (Phi) is 5.31. The number of nitriles is 1. The van der Waals surface area contributed by atoms with Gasteiger partial charge in [0.2, 0.25) is 0 Å². The molecule has 1 fully saturated rings. The molecule has 0 radical (unpaired) electrons. The van der Waals surface area contributed by atoms with E-state index in [0.29, 0.717) is 24.5 Å². The summed E-state index contributed by atoms with van der Waals surface area (Å²) < 4.78 is 44.3. The maximum Gasteiger partial charge on any atom is 0.416 e. The molecule has 6 nitrogen and oxygen atoms in total. The standard InChI is InChI=1S/C21H18F3N5O/c22-21(23,24)15-4-6-16(7-5-15)29-10-8-17(9-11-29)30-18-3-1-2-14(12-18)20-19(13-25)26-28-27-20/h1-7,12,17H,8-11H2,(H,26,27,28). The first kappa shape index (κ1) is 19.8. The minimum atomic E-state index is -4.33. The Hall–Kier alpha value is -3.54. The molecule has 0 saturated carbocycles. The summed E-state index contributed by atoms with van der Waals surface area (Å²) in [7, 11) is 0. The summed E-state index contributed by atoms with van der Waals surface area (Å²) in [4.78, 5) is 2.06. The van der Waals surface area contributed by atoms with E-state index in [0.717, 1.165) is 36.2 Å². The molecule has 0 aliphatic carbocycles. The van der Waals surface area contributed by atoms with E-state index in [9.17, 15) is 13.2 Å². The third kappa shape index (κ3) is 4.22. The third-order valence-corrected chi connectivity index (χ3v) is 5.07. The van der Waals surface area contributed by atoms with Crippen molar-refractivity contribution in [3.8, 4) is 23.1 Å². The molecule has 1 N–H and O–H groups in total. The number of nitrogens with zero attached hydrogens (tertiary/aromatic N) is 4. The van der Waals surface area contributed by atoms with E-state index < -0.39 is 11.7 Å². The molecule has 3 aromatic rings. The zero-order valence-electron chi connectivity index (χ0n) is 15.9. The number of nitrogens with one attached hydrogen (secondary N) is 1. The molecule has 9 heteroatoms. The Morgan fingerprint density at radius 2 is 1.83 bits per heavy atom. The van der Waals surface area contributed by atoms with Crippen molar-refractivity contribution >= 4 is 5.69 Å². The molecule has 0 amide bonds. The van der Waals surface area contributed by atoms with Crippen molar-refractivity contribution < 1.29 is 17.9 Å². The number of aromatic amines is 1. The van der Waals surface area contributed by atoms with Crippen molar-refractivity contribution in [2.24, 2.45) is 0 Å². The summed E-state index contributed by atoms with van der Waals surface area (Å²) in [6, 6.07) is 14.6. The number of H-pyrrole nitrogens is 1. The lowest BCUT2D eigenvalue weighted by atomic mass is 10.1. The van der Waals surface area contributed by atoms with E-state index in [1.165, 1.54) is 12.1 Å². The highest BCUT2D eigenvalue weighted by molar-refractivity contribution is 5.65. The minimum Gasteiger partial charge on any atom is -0.490 e. The first-order valence-electron chi connectivity index (χ1n) is 9.44. The topological polar surface area (TPSA) is 77.8 Å². The van der Waals surface area contributed by atoms with Gasteiger partial charge >= 0.3 is 6.18 Å². The predicted octanol–water partition coefficient (Wildman–Crippen LogP) is 4.41. The molecule has 30 heavy (non-hydrogen) atoms. The second kappa shape index (κ2) is 8.06. The number of hydrogen-bond donors (Lipinski definition) is 1. The van der Waals surface area contributed by atoms with Gasteiger partial charge in [-0.3, -0.25) is 0 Å². The van der Waals surface area contributed by atoms with Crippen molar-refractivity contribution in [2.75, 3.05) is 18.0 Å². The second-order valence-corrected chi connectivity index (χ2v) is 7.02. The fourth-order valence-electron chi connectivity index (χ4n) is 3.51. The Morgan fingerprint density at radius 1 is 1.10 bits per heavy atom. The maximum absolute atomic E-state index is 12.7. The van der Waals surface area contributed by atoms with Crippen molar-refractivity contribution in [1.82, 2.24) is 15.4 Å². The van der Waals surface area contributed by atoms with Crippen LogP contribution in [-0.4, -0.2) is 34.6 Å². The van der Waals surface area contributed by atoms with Gasteiger partial charge in [-0.25, -0.2) is 5.10 Å². The normalized spacial score (nSPS) is 15.1. The van der Waals surface area contributed by atoms with Crippen LogP contribution in [0.1, 0.15) is 24.1 Å². The Labute approximate surface area is 170 Å². The number of anilines is 1. The Balaban J connectivity index is 1.37. The Bertz CT molecular complexity index is 1050. The van der Waals surface area contributed by atoms with E-state index in [-0.39, 0.29) is 11.8 Å². The number of aromatic nitrogens is 3. The molecular weight excluding hydrogens is 395 g/mol. The van der Waals surface area contributed by atoms with E-state index in [1.807, 2.05) is 30.3 Å². The van der Waals surface area contributed by atoms with Crippen LogP contribution in [0.3, 0.4) is 0 Å². The van der Waals surface area contributed by atoms with Gasteiger partial charge in [-0.05, 0) is 36.4 Å². The lowest BCUT2D eigenvalue weighted by molar-refractivity contribution is -0.137. The van der Waals surface area contributed by atoms with Crippen molar-refractivity contribution in [3.63, 3.8) is 0 Å². The van der Waals surface area contributed by atoms with Crippen LogP contribution in [0.4, 0.5) is 18.9 Å². The van der Waals surface area contributed by atoms with Crippen LogP contribution in [0.25, 0.3) is 11.3 Å². The highest BCUT2D eigenvalue weighted by Crippen LogP contribution is 2.32. The number of rotatable bonds is 4. The Morgan fingerprint density at radius 3 is 2.50 bits per heavy atom. The number of hydrogen-bond acceptors (Lipinski definition) is 5. The van der Waals surface area contributed by atoms with Gasteiger partial charge in [0.25, 0.3) is 0 Å². The largest absolute Gasteiger partial charge is 0.490 e. The third-order valence-electron chi connectivity index (χ3n) is 5.07. The van der Waals surface area contributed by atoms with E-state index in [1.54, 1.807) is 0 Å². The fraction of sp³-hybridized carbons (Fsp3) is 0.286. The van der Waals surface area contributed by atoms with Gasteiger partial charge in [0, 0.05) is 37.2 Å². The maximum atomic E-state index is 12.7. The fourth-order valence-corrected chi connectivity index (χ4v) is 3.51. The van der Waals surface area contributed by atoms with Crippen LogP contribution in [-0.2, 0) is 6.18 Å². The lowest BCUT2D eigenvalue weighted by Gasteiger charge is -2.34. The van der Waals surface area contributed by atoms with Crippen molar-refractivity contribution in [3.05, 3.63) is 59.8 Å². The number of benzene rings is 2. The monoisotopic (exact) mass is 413 g/mol. The molecule has 1 aromatic heterocycles. The summed E-state index contributed by atoms with van der Waals surface area (Å²) in [5.74, 6) is 0.673. The highest BCUT2D eigenvalue weighted by Gasteiger charge is 2.30. The highest BCUT2D eigenvalue weighted by atomic mass is 19.4. The van der Waals surface area contributed by atoms with Gasteiger partial charge in [0.05, 0.1) is 5.56 Å². The van der Waals surface area contributed by atoms with Crippen LogP contribution in [0.5, 0.6) is 5.75 Å². The molecule has 1 aliphatic rings. The quantitative estimate of drug-likeness (QED) is 0.686. The molecule has 0 atom stereocenters. The molecule has 0 bridgehead atoms. The minimum absolute atomic E-state index is 0.00121. The molecule has 2 heterocycles. The molecule has 1 saturated heterocycles.